The Morgan fingerprint density at radius 1 is 1.33 bits per heavy atom. The molecular weight excluding hydrogens is 268 g/mol. The van der Waals surface area contributed by atoms with Gasteiger partial charge in [-0.25, -0.2) is 4.98 Å². The summed E-state index contributed by atoms with van der Waals surface area (Å²) < 4.78 is 5.89. The summed E-state index contributed by atoms with van der Waals surface area (Å²) in [5.74, 6) is 0.997. The molecule has 0 saturated carbocycles. The summed E-state index contributed by atoms with van der Waals surface area (Å²) in [6.45, 7) is 1.68. The van der Waals surface area contributed by atoms with Gasteiger partial charge in [-0.1, -0.05) is 5.16 Å². The molecule has 2 fully saturated rings. The van der Waals surface area contributed by atoms with Crippen LogP contribution < -0.4 is 10.6 Å². The van der Waals surface area contributed by atoms with Gasteiger partial charge in [0.05, 0.1) is 17.8 Å². The Hall–Kier alpha value is -1.82. The first-order chi connectivity index (χ1) is 10.2. The van der Waals surface area contributed by atoms with Gasteiger partial charge in [0.1, 0.15) is 5.82 Å². The van der Waals surface area contributed by atoms with Crippen LogP contribution in [0.5, 0.6) is 0 Å². The SMILES string of the molecule is NC(=NO)c1cc2c(nc1N1CC3CCC(C1)O3)CCC2. The predicted molar refractivity (Wildman–Crippen MR) is 78.9 cm³/mol. The summed E-state index contributed by atoms with van der Waals surface area (Å²) in [4.78, 5) is 7.09. The fraction of sp³-hybridized carbons (Fsp3) is 0.600. The molecule has 1 aromatic heterocycles. The second-order valence-electron chi connectivity index (χ2n) is 6.17. The van der Waals surface area contributed by atoms with Gasteiger partial charge in [-0.15, -0.1) is 0 Å². The minimum absolute atomic E-state index is 0.144. The number of ether oxygens (including phenoxy) is 1. The fourth-order valence-corrected chi connectivity index (χ4v) is 3.73. The number of anilines is 1. The van der Waals surface area contributed by atoms with Crippen LogP contribution in [0.3, 0.4) is 0 Å². The molecule has 0 radical (unpaired) electrons. The highest BCUT2D eigenvalue weighted by atomic mass is 16.5. The van der Waals surface area contributed by atoms with Crippen molar-refractivity contribution in [3.05, 3.63) is 22.9 Å². The molecule has 2 saturated heterocycles. The molecule has 2 atom stereocenters. The van der Waals surface area contributed by atoms with Crippen LogP contribution in [-0.2, 0) is 17.6 Å². The quantitative estimate of drug-likeness (QED) is 0.367. The monoisotopic (exact) mass is 288 g/mol. The smallest absolute Gasteiger partial charge is 0.173 e. The average molecular weight is 288 g/mol. The highest BCUT2D eigenvalue weighted by Gasteiger charge is 2.35. The van der Waals surface area contributed by atoms with Crippen LogP contribution in [0.2, 0.25) is 0 Å². The van der Waals surface area contributed by atoms with Crippen molar-refractivity contribution in [2.45, 2.75) is 44.3 Å². The lowest BCUT2D eigenvalue weighted by molar-refractivity contribution is 0.0302. The molecule has 3 heterocycles. The number of fused-ring (bicyclic) bond motifs is 3. The first kappa shape index (κ1) is 12.9. The van der Waals surface area contributed by atoms with Crippen molar-refractivity contribution < 1.29 is 9.94 Å². The number of amidine groups is 1. The van der Waals surface area contributed by atoms with Crippen molar-refractivity contribution in [1.29, 1.82) is 0 Å². The van der Waals surface area contributed by atoms with Gasteiger partial charge < -0.3 is 20.6 Å². The zero-order valence-electron chi connectivity index (χ0n) is 12.0. The summed E-state index contributed by atoms with van der Waals surface area (Å²) in [5, 5.41) is 12.3. The van der Waals surface area contributed by atoms with Crippen LogP contribution >= 0.6 is 0 Å². The molecular formula is C15H20N4O2. The first-order valence-corrected chi connectivity index (χ1v) is 7.65. The second kappa shape index (κ2) is 4.87. The van der Waals surface area contributed by atoms with E-state index in [1.165, 1.54) is 11.3 Å². The standard InChI is InChI=1S/C15H20N4O2/c16-14(18-20)12-6-9-2-1-3-13(9)17-15(12)19-7-10-4-5-11(8-19)21-10/h6,10-11,20H,1-5,7-8H2,(H2,16,18). The molecule has 112 valence electrons. The Morgan fingerprint density at radius 3 is 2.81 bits per heavy atom. The zero-order chi connectivity index (χ0) is 14.4. The Kier molecular flexibility index (Phi) is 2.99. The number of pyridine rings is 1. The van der Waals surface area contributed by atoms with E-state index < -0.39 is 0 Å². The summed E-state index contributed by atoms with van der Waals surface area (Å²) >= 11 is 0. The molecule has 4 rings (SSSR count). The predicted octanol–water partition coefficient (Wildman–Crippen LogP) is 1.03. The van der Waals surface area contributed by atoms with Gasteiger partial charge in [0.15, 0.2) is 5.84 Å². The third kappa shape index (κ3) is 2.14. The Morgan fingerprint density at radius 2 is 2.10 bits per heavy atom. The van der Waals surface area contributed by atoms with Crippen molar-refractivity contribution in [1.82, 2.24) is 4.98 Å². The number of hydrogen-bond donors (Lipinski definition) is 2. The van der Waals surface area contributed by atoms with Crippen molar-refractivity contribution in [2.24, 2.45) is 10.9 Å². The molecule has 3 N–H and O–H groups in total. The van der Waals surface area contributed by atoms with E-state index in [0.717, 1.165) is 56.6 Å². The molecule has 2 bridgehead atoms. The number of aryl methyl sites for hydroxylation is 2. The van der Waals surface area contributed by atoms with Gasteiger partial charge in [0.2, 0.25) is 0 Å². The molecule has 1 aromatic rings. The minimum atomic E-state index is 0.144. The van der Waals surface area contributed by atoms with E-state index in [1.54, 1.807) is 0 Å². The molecule has 1 aliphatic carbocycles. The summed E-state index contributed by atoms with van der Waals surface area (Å²) in [6, 6.07) is 2.05. The molecule has 0 amide bonds. The lowest BCUT2D eigenvalue weighted by atomic mass is 10.1. The largest absolute Gasteiger partial charge is 0.409 e. The first-order valence-electron chi connectivity index (χ1n) is 7.65. The van der Waals surface area contributed by atoms with Crippen LogP contribution in [-0.4, -0.2) is 41.3 Å². The normalized spacial score (nSPS) is 28.0. The number of rotatable bonds is 2. The number of aromatic nitrogens is 1. The van der Waals surface area contributed by atoms with E-state index in [1.807, 2.05) is 0 Å². The third-order valence-corrected chi connectivity index (χ3v) is 4.76. The molecule has 2 aliphatic heterocycles. The maximum atomic E-state index is 9.07. The number of oxime groups is 1. The summed E-state index contributed by atoms with van der Waals surface area (Å²) in [6.07, 6.45) is 6.00. The molecule has 6 nitrogen and oxygen atoms in total. The van der Waals surface area contributed by atoms with Gasteiger partial charge in [0, 0.05) is 18.8 Å². The molecule has 0 spiro atoms. The van der Waals surface area contributed by atoms with E-state index in [0.29, 0.717) is 12.2 Å². The topological polar surface area (TPSA) is 84.0 Å². The fourth-order valence-electron chi connectivity index (χ4n) is 3.73. The van der Waals surface area contributed by atoms with E-state index in [2.05, 4.69) is 16.1 Å². The van der Waals surface area contributed by atoms with E-state index in [4.69, 9.17) is 20.7 Å². The van der Waals surface area contributed by atoms with Crippen LogP contribution in [0.4, 0.5) is 5.82 Å². The molecule has 2 unspecified atom stereocenters. The highest BCUT2D eigenvalue weighted by molar-refractivity contribution is 6.01. The third-order valence-electron chi connectivity index (χ3n) is 4.76. The number of nitrogens with two attached hydrogens (primary N) is 1. The minimum Gasteiger partial charge on any atom is -0.409 e. The zero-order valence-corrected chi connectivity index (χ0v) is 12.0. The van der Waals surface area contributed by atoms with Crippen molar-refractivity contribution >= 4 is 11.7 Å². The molecule has 21 heavy (non-hydrogen) atoms. The van der Waals surface area contributed by atoms with Crippen LogP contribution in [0, 0.1) is 0 Å². The van der Waals surface area contributed by atoms with Gasteiger partial charge in [-0.2, -0.15) is 0 Å². The highest BCUT2D eigenvalue weighted by Crippen LogP contribution is 2.32. The van der Waals surface area contributed by atoms with Crippen LogP contribution in [0.1, 0.15) is 36.1 Å². The summed E-state index contributed by atoms with van der Waals surface area (Å²) in [5.41, 5.74) is 9.03. The number of hydrogen-bond acceptors (Lipinski definition) is 5. The van der Waals surface area contributed by atoms with Gasteiger partial charge in [-0.3, -0.25) is 0 Å². The van der Waals surface area contributed by atoms with E-state index in [9.17, 15) is 0 Å². The van der Waals surface area contributed by atoms with Crippen LogP contribution in [0.15, 0.2) is 11.2 Å². The van der Waals surface area contributed by atoms with Crippen molar-refractivity contribution in [3.8, 4) is 0 Å². The number of nitrogens with zero attached hydrogens (tertiary/aromatic N) is 3. The van der Waals surface area contributed by atoms with Crippen LogP contribution in [0.25, 0.3) is 0 Å². The van der Waals surface area contributed by atoms with Gasteiger partial charge in [0.25, 0.3) is 0 Å². The van der Waals surface area contributed by atoms with Crippen molar-refractivity contribution in [3.63, 3.8) is 0 Å². The maximum Gasteiger partial charge on any atom is 0.173 e. The van der Waals surface area contributed by atoms with Gasteiger partial charge >= 0.3 is 0 Å². The van der Waals surface area contributed by atoms with Crippen molar-refractivity contribution in [2.75, 3.05) is 18.0 Å². The lowest BCUT2D eigenvalue weighted by Crippen LogP contribution is -2.44. The molecule has 0 aromatic carbocycles. The average Bonchev–Trinajstić information content (AvgIpc) is 3.10. The second-order valence-corrected chi connectivity index (χ2v) is 6.17. The Bertz CT molecular complexity index is 590. The summed E-state index contributed by atoms with van der Waals surface area (Å²) in [7, 11) is 0. The van der Waals surface area contributed by atoms with Gasteiger partial charge in [-0.05, 0) is 43.7 Å². The Labute approximate surface area is 123 Å². The van der Waals surface area contributed by atoms with E-state index in [-0.39, 0.29) is 5.84 Å². The number of morpholine rings is 1. The molecule has 6 heteroatoms. The maximum absolute atomic E-state index is 9.07. The Balaban J connectivity index is 1.76. The van der Waals surface area contributed by atoms with E-state index >= 15 is 0 Å². The molecule has 3 aliphatic rings. The lowest BCUT2D eigenvalue weighted by Gasteiger charge is -2.34.